The fourth-order valence-electron chi connectivity index (χ4n) is 2.81. The number of rotatable bonds is 6. The van der Waals surface area contributed by atoms with Crippen molar-refractivity contribution < 1.29 is 9.32 Å². The van der Waals surface area contributed by atoms with Crippen molar-refractivity contribution >= 4 is 5.91 Å². The van der Waals surface area contributed by atoms with E-state index in [1.165, 1.54) is 0 Å². The summed E-state index contributed by atoms with van der Waals surface area (Å²) in [5.41, 5.74) is 0. The van der Waals surface area contributed by atoms with Crippen LogP contribution >= 0.6 is 0 Å². The van der Waals surface area contributed by atoms with E-state index < -0.39 is 0 Å². The first-order valence-electron chi connectivity index (χ1n) is 7.97. The smallest absolute Gasteiger partial charge is 0.240 e. The Morgan fingerprint density at radius 3 is 2.95 bits per heavy atom. The summed E-state index contributed by atoms with van der Waals surface area (Å²) in [4.78, 5) is 18.8. The molecule has 0 aromatic carbocycles. The second-order valence-corrected chi connectivity index (χ2v) is 6.61. The lowest BCUT2D eigenvalue weighted by Crippen LogP contribution is -2.43. The molecular formula is C15H24N4O2. The van der Waals surface area contributed by atoms with Crippen molar-refractivity contribution in [3.63, 3.8) is 0 Å². The van der Waals surface area contributed by atoms with E-state index in [9.17, 15) is 4.79 Å². The zero-order chi connectivity index (χ0) is 14.8. The number of hydrogen-bond donors (Lipinski definition) is 1. The third-order valence-corrected chi connectivity index (χ3v) is 4.03. The van der Waals surface area contributed by atoms with E-state index in [1.807, 2.05) is 0 Å². The summed E-state index contributed by atoms with van der Waals surface area (Å²) in [5.74, 6) is 2.06. The molecule has 1 amide bonds. The van der Waals surface area contributed by atoms with Gasteiger partial charge < -0.3 is 9.84 Å². The topological polar surface area (TPSA) is 71.3 Å². The largest absolute Gasteiger partial charge is 0.352 e. The van der Waals surface area contributed by atoms with E-state index in [1.54, 1.807) is 0 Å². The lowest BCUT2D eigenvalue weighted by Gasteiger charge is -2.21. The highest BCUT2D eigenvalue weighted by Gasteiger charge is 2.34. The number of nitrogens with zero attached hydrogens (tertiary/aromatic N) is 3. The van der Waals surface area contributed by atoms with Crippen molar-refractivity contribution in [2.45, 2.75) is 64.6 Å². The Hall–Kier alpha value is -1.43. The molecule has 0 spiro atoms. The highest BCUT2D eigenvalue weighted by Crippen LogP contribution is 2.23. The molecule has 0 radical (unpaired) electrons. The van der Waals surface area contributed by atoms with Crippen LogP contribution in [0.1, 0.15) is 51.2 Å². The van der Waals surface area contributed by atoms with Crippen LogP contribution in [0, 0.1) is 5.92 Å². The molecule has 1 aliphatic heterocycles. The van der Waals surface area contributed by atoms with Gasteiger partial charge in [0.05, 0.1) is 12.6 Å². The first-order valence-corrected chi connectivity index (χ1v) is 7.97. The standard InChI is InChI=1S/C15H24N4O2/c1-10(2)8-13-17-14(21-18-13)9-19-7-3-4-12(19)15(20)16-11-5-6-11/h10-12H,3-9H2,1-2H3,(H,16,20)/t12-/m1/s1. The van der Waals surface area contributed by atoms with Crippen molar-refractivity contribution in [2.75, 3.05) is 6.54 Å². The average molecular weight is 292 g/mol. The van der Waals surface area contributed by atoms with Gasteiger partial charge in [-0.25, -0.2) is 0 Å². The van der Waals surface area contributed by atoms with Gasteiger partial charge in [-0.2, -0.15) is 4.98 Å². The van der Waals surface area contributed by atoms with Gasteiger partial charge in [0.1, 0.15) is 0 Å². The number of aromatic nitrogens is 2. The molecule has 0 bridgehead atoms. The number of nitrogens with one attached hydrogen (secondary N) is 1. The molecule has 1 aromatic rings. The van der Waals surface area contributed by atoms with Crippen LogP contribution in [0.15, 0.2) is 4.52 Å². The molecule has 1 aromatic heterocycles. The number of carbonyl (C=O) groups is 1. The monoisotopic (exact) mass is 292 g/mol. The van der Waals surface area contributed by atoms with Crippen molar-refractivity contribution in [3.05, 3.63) is 11.7 Å². The van der Waals surface area contributed by atoms with Crippen molar-refractivity contribution in [3.8, 4) is 0 Å². The molecule has 0 unspecified atom stereocenters. The molecule has 6 heteroatoms. The Kier molecular flexibility index (Phi) is 4.24. The zero-order valence-electron chi connectivity index (χ0n) is 12.8. The van der Waals surface area contributed by atoms with Crippen LogP contribution in [-0.4, -0.2) is 39.6 Å². The summed E-state index contributed by atoms with van der Waals surface area (Å²) < 4.78 is 5.31. The van der Waals surface area contributed by atoms with Crippen LogP contribution in [-0.2, 0) is 17.8 Å². The van der Waals surface area contributed by atoms with Crippen LogP contribution in [0.5, 0.6) is 0 Å². The Morgan fingerprint density at radius 1 is 1.43 bits per heavy atom. The Morgan fingerprint density at radius 2 is 2.24 bits per heavy atom. The minimum absolute atomic E-state index is 0.0361. The van der Waals surface area contributed by atoms with Crippen LogP contribution in [0.3, 0.4) is 0 Å². The van der Waals surface area contributed by atoms with Crippen LogP contribution < -0.4 is 5.32 Å². The van der Waals surface area contributed by atoms with Gasteiger partial charge in [0, 0.05) is 12.5 Å². The third kappa shape index (κ3) is 3.81. The first-order chi connectivity index (χ1) is 10.1. The first kappa shape index (κ1) is 14.5. The van der Waals surface area contributed by atoms with Crippen LogP contribution in [0.2, 0.25) is 0 Å². The predicted molar refractivity (Wildman–Crippen MR) is 77.4 cm³/mol. The molecule has 2 aliphatic rings. The molecule has 21 heavy (non-hydrogen) atoms. The molecule has 1 aliphatic carbocycles. The quantitative estimate of drug-likeness (QED) is 0.860. The second-order valence-electron chi connectivity index (χ2n) is 6.61. The molecule has 6 nitrogen and oxygen atoms in total. The summed E-state index contributed by atoms with van der Waals surface area (Å²) in [6, 6.07) is 0.382. The maximum absolute atomic E-state index is 12.2. The minimum atomic E-state index is -0.0361. The van der Waals surface area contributed by atoms with Crippen LogP contribution in [0.4, 0.5) is 0 Å². The summed E-state index contributed by atoms with van der Waals surface area (Å²) in [6.07, 6.45) is 5.05. The number of hydrogen-bond acceptors (Lipinski definition) is 5. The lowest BCUT2D eigenvalue weighted by molar-refractivity contribution is -0.125. The summed E-state index contributed by atoms with van der Waals surface area (Å²) in [5, 5.41) is 7.11. The molecular weight excluding hydrogens is 268 g/mol. The fraction of sp³-hybridized carbons (Fsp3) is 0.800. The van der Waals surface area contributed by atoms with Gasteiger partial charge in [0.15, 0.2) is 5.82 Å². The van der Waals surface area contributed by atoms with E-state index >= 15 is 0 Å². The van der Waals surface area contributed by atoms with Crippen molar-refractivity contribution in [1.29, 1.82) is 0 Å². The highest BCUT2D eigenvalue weighted by molar-refractivity contribution is 5.82. The molecule has 2 fully saturated rings. The van der Waals surface area contributed by atoms with Gasteiger partial charge in [-0.05, 0) is 38.1 Å². The Labute approximate surface area is 125 Å². The molecule has 1 saturated carbocycles. The van der Waals surface area contributed by atoms with E-state index in [0.29, 0.717) is 24.4 Å². The van der Waals surface area contributed by atoms with Gasteiger partial charge in [-0.1, -0.05) is 19.0 Å². The minimum Gasteiger partial charge on any atom is -0.352 e. The molecule has 116 valence electrons. The molecule has 1 saturated heterocycles. The number of likely N-dealkylation sites (tertiary alicyclic amines) is 1. The normalized spacial score (nSPS) is 22.9. The molecule has 3 rings (SSSR count). The third-order valence-electron chi connectivity index (χ3n) is 4.03. The van der Waals surface area contributed by atoms with Crippen molar-refractivity contribution in [2.24, 2.45) is 5.92 Å². The van der Waals surface area contributed by atoms with E-state index in [0.717, 1.165) is 44.5 Å². The Balaban J connectivity index is 1.57. The SMILES string of the molecule is CC(C)Cc1noc(CN2CCC[C@@H]2C(=O)NC2CC2)n1. The van der Waals surface area contributed by atoms with Crippen molar-refractivity contribution in [1.82, 2.24) is 20.4 Å². The second kappa shape index (κ2) is 6.13. The summed E-state index contributed by atoms with van der Waals surface area (Å²) in [6.45, 7) is 5.77. The summed E-state index contributed by atoms with van der Waals surface area (Å²) in [7, 11) is 0. The molecule has 1 atom stereocenters. The van der Waals surface area contributed by atoms with Crippen LogP contribution in [0.25, 0.3) is 0 Å². The number of carbonyl (C=O) groups excluding carboxylic acids is 1. The fourth-order valence-corrected chi connectivity index (χ4v) is 2.81. The van der Waals surface area contributed by atoms with E-state index in [4.69, 9.17) is 4.52 Å². The zero-order valence-corrected chi connectivity index (χ0v) is 12.8. The van der Waals surface area contributed by atoms with E-state index in [2.05, 4.69) is 34.2 Å². The maximum atomic E-state index is 12.2. The summed E-state index contributed by atoms with van der Waals surface area (Å²) >= 11 is 0. The van der Waals surface area contributed by atoms with Gasteiger partial charge in [0.25, 0.3) is 0 Å². The lowest BCUT2D eigenvalue weighted by atomic mass is 10.1. The van der Waals surface area contributed by atoms with Gasteiger partial charge in [-0.15, -0.1) is 0 Å². The Bertz CT molecular complexity index is 496. The van der Waals surface area contributed by atoms with Gasteiger partial charge >= 0.3 is 0 Å². The predicted octanol–water partition coefficient (Wildman–Crippen LogP) is 1.51. The van der Waals surface area contributed by atoms with E-state index in [-0.39, 0.29) is 11.9 Å². The highest BCUT2D eigenvalue weighted by atomic mass is 16.5. The maximum Gasteiger partial charge on any atom is 0.240 e. The van der Waals surface area contributed by atoms with Gasteiger partial charge in [0.2, 0.25) is 11.8 Å². The molecule has 2 heterocycles. The average Bonchev–Trinajstić information content (AvgIpc) is 2.94. The molecule has 1 N–H and O–H groups in total. The number of amides is 1. The van der Waals surface area contributed by atoms with Gasteiger partial charge in [-0.3, -0.25) is 9.69 Å².